The molecule has 1 heterocycles. The number of nitrogens with zero attached hydrogens (tertiary/aromatic N) is 1. The van der Waals surface area contributed by atoms with Gasteiger partial charge in [0.2, 0.25) is 0 Å². The van der Waals surface area contributed by atoms with Crippen molar-refractivity contribution in [1.82, 2.24) is 4.98 Å². The van der Waals surface area contributed by atoms with E-state index in [2.05, 4.69) is 17.6 Å². The molecule has 1 aromatic carbocycles. The molecule has 0 spiro atoms. The molecule has 0 radical (unpaired) electrons. The fourth-order valence-electron chi connectivity index (χ4n) is 1.46. The topological polar surface area (TPSA) is 22.1 Å². The standard InChI is InChI=1S/C12H11NOS/c1-14-12-5-3-2-4-11(12)9-6-10(15)8-13-7-9/h2-8,15H,1H3. The van der Waals surface area contributed by atoms with Crippen LogP contribution in [-0.2, 0) is 0 Å². The van der Waals surface area contributed by atoms with Crippen LogP contribution in [0.4, 0.5) is 0 Å². The molecule has 15 heavy (non-hydrogen) atoms. The molecule has 2 rings (SSSR count). The number of hydrogen-bond donors (Lipinski definition) is 1. The molecule has 1 aromatic heterocycles. The third-order valence-electron chi connectivity index (χ3n) is 2.14. The van der Waals surface area contributed by atoms with Crippen molar-refractivity contribution < 1.29 is 4.74 Å². The minimum absolute atomic E-state index is 0.846. The van der Waals surface area contributed by atoms with Crippen molar-refractivity contribution in [2.75, 3.05) is 7.11 Å². The lowest BCUT2D eigenvalue weighted by Crippen LogP contribution is -1.87. The second-order valence-electron chi connectivity index (χ2n) is 3.13. The van der Waals surface area contributed by atoms with E-state index in [-0.39, 0.29) is 0 Å². The molecular formula is C12H11NOS. The molecule has 0 bridgehead atoms. The Morgan fingerprint density at radius 3 is 2.73 bits per heavy atom. The zero-order chi connectivity index (χ0) is 10.7. The van der Waals surface area contributed by atoms with Crippen LogP contribution in [0.15, 0.2) is 47.6 Å². The summed E-state index contributed by atoms with van der Waals surface area (Å²) in [5.41, 5.74) is 2.04. The molecule has 0 saturated carbocycles. The Balaban J connectivity index is 2.53. The van der Waals surface area contributed by atoms with E-state index in [9.17, 15) is 0 Å². The lowest BCUT2D eigenvalue weighted by Gasteiger charge is -2.07. The summed E-state index contributed by atoms with van der Waals surface area (Å²) < 4.78 is 5.29. The van der Waals surface area contributed by atoms with Gasteiger partial charge in [0.1, 0.15) is 5.75 Å². The van der Waals surface area contributed by atoms with E-state index in [0.29, 0.717) is 0 Å². The van der Waals surface area contributed by atoms with Crippen LogP contribution >= 0.6 is 12.6 Å². The summed E-state index contributed by atoms with van der Waals surface area (Å²) in [4.78, 5) is 4.95. The lowest BCUT2D eigenvalue weighted by atomic mass is 10.1. The molecule has 0 fully saturated rings. The first-order valence-electron chi connectivity index (χ1n) is 4.58. The normalized spacial score (nSPS) is 10.0. The van der Waals surface area contributed by atoms with E-state index in [4.69, 9.17) is 4.74 Å². The molecule has 0 atom stereocenters. The Bertz CT molecular complexity index is 471. The summed E-state index contributed by atoms with van der Waals surface area (Å²) >= 11 is 4.26. The second kappa shape index (κ2) is 4.36. The largest absolute Gasteiger partial charge is 0.496 e. The number of hydrogen-bond acceptors (Lipinski definition) is 3. The summed E-state index contributed by atoms with van der Waals surface area (Å²) in [5, 5.41) is 0. The fourth-order valence-corrected chi connectivity index (χ4v) is 1.66. The van der Waals surface area contributed by atoms with Crippen molar-refractivity contribution in [3.8, 4) is 16.9 Å². The van der Waals surface area contributed by atoms with Gasteiger partial charge in [-0.25, -0.2) is 0 Å². The van der Waals surface area contributed by atoms with Crippen LogP contribution in [0.3, 0.4) is 0 Å². The minimum Gasteiger partial charge on any atom is -0.496 e. The quantitative estimate of drug-likeness (QED) is 0.781. The Morgan fingerprint density at radius 1 is 1.20 bits per heavy atom. The molecule has 0 unspecified atom stereocenters. The summed E-state index contributed by atoms with van der Waals surface area (Å²) in [6.07, 6.45) is 3.51. The first-order chi connectivity index (χ1) is 7.31. The van der Waals surface area contributed by atoms with E-state index in [1.807, 2.05) is 30.3 Å². The van der Waals surface area contributed by atoms with E-state index >= 15 is 0 Å². The van der Waals surface area contributed by atoms with E-state index in [1.165, 1.54) is 0 Å². The molecule has 0 N–H and O–H groups in total. The van der Waals surface area contributed by atoms with Crippen molar-refractivity contribution in [2.45, 2.75) is 4.90 Å². The molecule has 76 valence electrons. The van der Waals surface area contributed by atoms with Gasteiger partial charge in [0.15, 0.2) is 0 Å². The summed E-state index contributed by atoms with van der Waals surface area (Å²) in [5.74, 6) is 0.846. The van der Waals surface area contributed by atoms with Crippen LogP contribution in [0.2, 0.25) is 0 Å². The number of thiol groups is 1. The molecule has 2 aromatic rings. The molecule has 0 saturated heterocycles. The summed E-state index contributed by atoms with van der Waals surface area (Å²) in [6, 6.07) is 9.82. The molecule has 0 aliphatic carbocycles. The Morgan fingerprint density at radius 2 is 2.00 bits per heavy atom. The number of para-hydroxylation sites is 1. The van der Waals surface area contributed by atoms with Crippen LogP contribution in [-0.4, -0.2) is 12.1 Å². The third-order valence-corrected chi connectivity index (χ3v) is 2.39. The second-order valence-corrected chi connectivity index (χ2v) is 3.65. The molecule has 3 heteroatoms. The third kappa shape index (κ3) is 2.13. The zero-order valence-electron chi connectivity index (χ0n) is 8.34. The van der Waals surface area contributed by atoms with Crippen LogP contribution in [0.25, 0.3) is 11.1 Å². The summed E-state index contributed by atoms with van der Waals surface area (Å²) in [6.45, 7) is 0. The Kier molecular flexibility index (Phi) is 2.92. The van der Waals surface area contributed by atoms with E-state index in [1.54, 1.807) is 19.5 Å². The number of pyridine rings is 1. The maximum atomic E-state index is 5.29. The zero-order valence-corrected chi connectivity index (χ0v) is 9.24. The van der Waals surface area contributed by atoms with E-state index in [0.717, 1.165) is 21.8 Å². The van der Waals surface area contributed by atoms with Crippen molar-refractivity contribution in [3.05, 3.63) is 42.7 Å². The van der Waals surface area contributed by atoms with Crippen molar-refractivity contribution in [2.24, 2.45) is 0 Å². The predicted molar refractivity (Wildman–Crippen MR) is 63.5 cm³/mol. The first-order valence-corrected chi connectivity index (χ1v) is 5.03. The van der Waals surface area contributed by atoms with Crippen molar-refractivity contribution in [3.63, 3.8) is 0 Å². The van der Waals surface area contributed by atoms with Gasteiger partial charge in [-0.15, -0.1) is 12.6 Å². The fraction of sp³-hybridized carbons (Fsp3) is 0.0833. The minimum atomic E-state index is 0.846. The van der Waals surface area contributed by atoms with Crippen molar-refractivity contribution in [1.29, 1.82) is 0 Å². The highest BCUT2D eigenvalue weighted by molar-refractivity contribution is 7.80. The van der Waals surface area contributed by atoms with Crippen molar-refractivity contribution >= 4 is 12.6 Å². The van der Waals surface area contributed by atoms with Crippen LogP contribution in [0.5, 0.6) is 5.75 Å². The van der Waals surface area contributed by atoms with Crippen LogP contribution in [0.1, 0.15) is 0 Å². The highest BCUT2D eigenvalue weighted by Gasteiger charge is 2.04. The molecule has 2 nitrogen and oxygen atoms in total. The number of ether oxygens (including phenoxy) is 1. The van der Waals surface area contributed by atoms with Gasteiger partial charge in [-0.2, -0.15) is 0 Å². The number of benzene rings is 1. The highest BCUT2D eigenvalue weighted by Crippen LogP contribution is 2.29. The van der Waals surface area contributed by atoms with Gasteiger partial charge in [0, 0.05) is 28.4 Å². The maximum Gasteiger partial charge on any atom is 0.126 e. The Hall–Kier alpha value is -1.48. The van der Waals surface area contributed by atoms with Gasteiger partial charge in [0.05, 0.1) is 7.11 Å². The van der Waals surface area contributed by atoms with Gasteiger partial charge >= 0.3 is 0 Å². The summed E-state index contributed by atoms with van der Waals surface area (Å²) in [7, 11) is 1.66. The maximum absolute atomic E-state index is 5.29. The highest BCUT2D eigenvalue weighted by atomic mass is 32.1. The average Bonchev–Trinajstić information content (AvgIpc) is 2.29. The number of methoxy groups -OCH3 is 1. The predicted octanol–water partition coefficient (Wildman–Crippen LogP) is 3.05. The van der Waals surface area contributed by atoms with Gasteiger partial charge in [0.25, 0.3) is 0 Å². The van der Waals surface area contributed by atoms with Crippen LogP contribution < -0.4 is 4.74 Å². The molecular weight excluding hydrogens is 206 g/mol. The first kappa shape index (κ1) is 10.1. The average molecular weight is 217 g/mol. The van der Waals surface area contributed by atoms with Gasteiger partial charge in [-0.3, -0.25) is 4.98 Å². The van der Waals surface area contributed by atoms with Gasteiger partial charge in [-0.1, -0.05) is 18.2 Å². The molecule has 0 aliphatic rings. The molecule has 0 amide bonds. The number of aromatic nitrogens is 1. The number of rotatable bonds is 2. The van der Waals surface area contributed by atoms with Gasteiger partial charge in [-0.05, 0) is 12.1 Å². The monoisotopic (exact) mass is 217 g/mol. The van der Waals surface area contributed by atoms with Gasteiger partial charge < -0.3 is 4.74 Å². The Labute approximate surface area is 94.3 Å². The smallest absolute Gasteiger partial charge is 0.126 e. The van der Waals surface area contributed by atoms with Crippen LogP contribution in [0, 0.1) is 0 Å². The lowest BCUT2D eigenvalue weighted by molar-refractivity contribution is 0.416. The van der Waals surface area contributed by atoms with E-state index < -0.39 is 0 Å². The molecule has 0 aliphatic heterocycles. The SMILES string of the molecule is COc1ccccc1-c1cncc(S)c1.